The lowest BCUT2D eigenvalue weighted by Crippen LogP contribution is -2.48. The van der Waals surface area contributed by atoms with Crippen LogP contribution >= 0.6 is 11.6 Å². The van der Waals surface area contributed by atoms with Crippen LogP contribution in [0.3, 0.4) is 0 Å². The first-order valence-electron chi connectivity index (χ1n) is 11.4. The molecule has 4 heterocycles. The lowest BCUT2D eigenvalue weighted by molar-refractivity contribution is -0.137. The Labute approximate surface area is 209 Å². The number of anilines is 3. The van der Waals surface area contributed by atoms with E-state index in [4.69, 9.17) is 16.3 Å². The van der Waals surface area contributed by atoms with E-state index >= 15 is 0 Å². The van der Waals surface area contributed by atoms with Gasteiger partial charge in [-0.1, -0.05) is 11.6 Å². The third-order valence-corrected chi connectivity index (χ3v) is 6.34. The molecular weight excluding hydrogens is 502 g/mol. The van der Waals surface area contributed by atoms with Crippen molar-refractivity contribution < 1.29 is 22.3 Å². The number of hydrogen-bond donors (Lipinski definition) is 0. The number of piperazine rings is 1. The number of morpholine rings is 1. The van der Waals surface area contributed by atoms with Crippen LogP contribution in [0.5, 0.6) is 0 Å². The topological polar surface area (TPSA) is 70.5 Å². The molecule has 0 spiro atoms. The van der Waals surface area contributed by atoms with Gasteiger partial charge in [0.15, 0.2) is 5.82 Å². The molecule has 8 nitrogen and oxygen atoms in total. The summed E-state index contributed by atoms with van der Waals surface area (Å²) in [6.07, 6.45) is -3.14. The van der Waals surface area contributed by atoms with Crippen molar-refractivity contribution in [3.8, 4) is 11.4 Å². The normalized spacial score (nSPS) is 17.0. The Kier molecular flexibility index (Phi) is 6.80. The summed E-state index contributed by atoms with van der Waals surface area (Å²) in [5.74, 6) is 0.400. The number of pyridine rings is 1. The maximum atomic E-state index is 14.2. The van der Waals surface area contributed by atoms with Crippen LogP contribution in [0, 0.1) is 5.82 Å². The second kappa shape index (κ2) is 10.0. The fraction of sp³-hybridized carbons (Fsp3) is 0.391. The van der Waals surface area contributed by atoms with Crippen LogP contribution in [0.4, 0.5) is 35.3 Å². The molecule has 0 atom stereocenters. The summed E-state index contributed by atoms with van der Waals surface area (Å²) in [6.45, 7) is 3.56. The maximum absolute atomic E-state index is 14.2. The Morgan fingerprint density at radius 1 is 0.833 bits per heavy atom. The lowest BCUT2D eigenvalue weighted by atomic mass is 10.2. The summed E-state index contributed by atoms with van der Waals surface area (Å²) in [6, 6.07) is 6.65. The van der Waals surface area contributed by atoms with Gasteiger partial charge < -0.3 is 19.4 Å². The van der Waals surface area contributed by atoms with E-state index < -0.39 is 17.6 Å². The molecule has 1 aromatic carbocycles. The number of rotatable bonds is 4. The highest BCUT2D eigenvalue weighted by atomic mass is 35.5. The van der Waals surface area contributed by atoms with E-state index in [1.54, 1.807) is 11.0 Å². The van der Waals surface area contributed by atoms with Gasteiger partial charge in [-0.3, -0.25) is 0 Å². The van der Waals surface area contributed by atoms with Crippen LogP contribution in [0.1, 0.15) is 5.56 Å². The standard InChI is InChI=1S/C23H22ClF4N7O/c24-17-4-3-15(14-18(17)25)19-30-21(32-22(31-19)35-10-12-36-13-11-35)34-8-6-33(7-9-34)20-16(23(26,27)28)2-1-5-29-20/h1-5,14H,6-13H2. The van der Waals surface area contributed by atoms with E-state index in [0.717, 1.165) is 6.07 Å². The van der Waals surface area contributed by atoms with Crippen molar-refractivity contribution in [2.75, 3.05) is 67.2 Å². The predicted octanol–water partition coefficient (Wildman–Crippen LogP) is 3.91. The van der Waals surface area contributed by atoms with Crippen LogP contribution in [0.25, 0.3) is 11.4 Å². The van der Waals surface area contributed by atoms with Gasteiger partial charge >= 0.3 is 6.18 Å². The first-order chi connectivity index (χ1) is 17.3. The second-order valence-corrected chi connectivity index (χ2v) is 8.74. The first kappa shape index (κ1) is 24.4. The number of aromatic nitrogens is 4. The molecule has 2 saturated heterocycles. The third-order valence-electron chi connectivity index (χ3n) is 6.04. The van der Waals surface area contributed by atoms with E-state index in [0.29, 0.717) is 69.9 Å². The molecule has 0 bridgehead atoms. The van der Waals surface area contributed by atoms with E-state index in [1.807, 2.05) is 9.80 Å². The lowest BCUT2D eigenvalue weighted by Gasteiger charge is -2.36. The number of benzene rings is 1. The summed E-state index contributed by atoms with van der Waals surface area (Å²) in [5.41, 5.74) is -0.322. The Balaban J connectivity index is 1.43. The molecule has 2 aromatic heterocycles. The Morgan fingerprint density at radius 3 is 2.11 bits per heavy atom. The van der Waals surface area contributed by atoms with Gasteiger partial charge in [0.05, 0.1) is 23.8 Å². The number of halogens is 5. The van der Waals surface area contributed by atoms with Gasteiger partial charge in [-0.15, -0.1) is 0 Å². The van der Waals surface area contributed by atoms with Gasteiger partial charge in [0.2, 0.25) is 11.9 Å². The number of ether oxygens (including phenoxy) is 1. The molecule has 0 aliphatic carbocycles. The Morgan fingerprint density at radius 2 is 1.47 bits per heavy atom. The number of alkyl halides is 3. The average Bonchev–Trinajstić information content (AvgIpc) is 2.90. The van der Waals surface area contributed by atoms with E-state index in [-0.39, 0.29) is 16.7 Å². The monoisotopic (exact) mass is 523 g/mol. The predicted molar refractivity (Wildman–Crippen MR) is 127 cm³/mol. The van der Waals surface area contributed by atoms with Gasteiger partial charge in [0.1, 0.15) is 11.6 Å². The Hall–Kier alpha value is -3.25. The van der Waals surface area contributed by atoms with Gasteiger partial charge in [-0.2, -0.15) is 28.1 Å². The second-order valence-electron chi connectivity index (χ2n) is 8.33. The molecule has 0 saturated carbocycles. The molecule has 3 aromatic rings. The summed E-state index contributed by atoms with van der Waals surface area (Å²) < 4.78 is 60.0. The van der Waals surface area contributed by atoms with Crippen LogP contribution in [-0.4, -0.2) is 72.4 Å². The van der Waals surface area contributed by atoms with Gasteiger partial charge in [-0.05, 0) is 30.3 Å². The minimum atomic E-state index is -4.50. The van der Waals surface area contributed by atoms with Crippen molar-refractivity contribution >= 4 is 29.3 Å². The molecule has 2 fully saturated rings. The smallest absolute Gasteiger partial charge is 0.378 e. The first-order valence-corrected chi connectivity index (χ1v) is 11.7. The maximum Gasteiger partial charge on any atom is 0.419 e. The van der Waals surface area contributed by atoms with Crippen LogP contribution in [0.15, 0.2) is 36.5 Å². The van der Waals surface area contributed by atoms with E-state index in [1.165, 1.54) is 24.4 Å². The summed E-state index contributed by atoms with van der Waals surface area (Å²) in [4.78, 5) is 23.2. The molecule has 2 aliphatic heterocycles. The molecule has 0 N–H and O–H groups in total. The van der Waals surface area contributed by atoms with E-state index in [2.05, 4.69) is 19.9 Å². The SMILES string of the molecule is Fc1cc(-c2nc(N3CCOCC3)nc(N3CCN(c4ncccc4C(F)(F)F)CC3)n2)ccc1Cl. The van der Waals surface area contributed by atoms with Crippen molar-refractivity contribution in [3.05, 3.63) is 52.9 Å². The molecular formula is C23H22ClF4N7O. The molecule has 190 valence electrons. The fourth-order valence-electron chi connectivity index (χ4n) is 4.15. The molecule has 5 rings (SSSR count). The highest BCUT2D eigenvalue weighted by Gasteiger charge is 2.36. The zero-order valence-electron chi connectivity index (χ0n) is 19.0. The van der Waals surface area contributed by atoms with Crippen molar-refractivity contribution in [2.24, 2.45) is 0 Å². The molecule has 36 heavy (non-hydrogen) atoms. The van der Waals surface area contributed by atoms with Gasteiger partial charge in [-0.25, -0.2) is 9.37 Å². The third kappa shape index (κ3) is 5.14. The fourth-order valence-corrected chi connectivity index (χ4v) is 4.27. The van der Waals surface area contributed by atoms with Crippen LogP contribution in [0.2, 0.25) is 5.02 Å². The zero-order chi connectivity index (χ0) is 25.3. The van der Waals surface area contributed by atoms with Crippen LogP contribution < -0.4 is 14.7 Å². The summed E-state index contributed by atoms with van der Waals surface area (Å²) in [5, 5.41) is -0.00898. The highest BCUT2D eigenvalue weighted by Crippen LogP contribution is 2.35. The van der Waals surface area contributed by atoms with E-state index in [9.17, 15) is 17.6 Å². The number of nitrogens with zero attached hydrogens (tertiary/aromatic N) is 7. The quantitative estimate of drug-likeness (QED) is 0.477. The molecule has 0 unspecified atom stereocenters. The largest absolute Gasteiger partial charge is 0.419 e. The molecule has 0 radical (unpaired) electrons. The van der Waals surface area contributed by atoms with Crippen LogP contribution in [-0.2, 0) is 10.9 Å². The highest BCUT2D eigenvalue weighted by molar-refractivity contribution is 6.30. The minimum absolute atomic E-state index is 0.00898. The Bertz CT molecular complexity index is 1230. The van der Waals surface area contributed by atoms with Gasteiger partial charge in [0.25, 0.3) is 0 Å². The average molecular weight is 524 g/mol. The van der Waals surface area contributed by atoms with Crippen molar-refractivity contribution in [1.29, 1.82) is 0 Å². The molecule has 2 aliphatic rings. The van der Waals surface area contributed by atoms with Crippen molar-refractivity contribution in [3.63, 3.8) is 0 Å². The summed E-state index contributed by atoms with van der Waals surface area (Å²) in [7, 11) is 0. The summed E-state index contributed by atoms with van der Waals surface area (Å²) >= 11 is 5.84. The minimum Gasteiger partial charge on any atom is -0.378 e. The molecule has 13 heteroatoms. The van der Waals surface area contributed by atoms with Gasteiger partial charge in [0, 0.05) is 51.0 Å². The molecule has 0 amide bonds. The van der Waals surface area contributed by atoms with Crippen molar-refractivity contribution in [2.45, 2.75) is 6.18 Å². The van der Waals surface area contributed by atoms with Crippen molar-refractivity contribution in [1.82, 2.24) is 19.9 Å². The zero-order valence-corrected chi connectivity index (χ0v) is 19.8. The number of hydrogen-bond acceptors (Lipinski definition) is 8.